The molecule has 3 nitrogen and oxygen atoms in total. The predicted molar refractivity (Wildman–Crippen MR) is 56.3 cm³/mol. The van der Waals surface area contributed by atoms with Crippen LogP contribution in [0, 0.1) is 0 Å². The molecule has 0 aliphatic rings. The molecule has 0 aliphatic heterocycles. The summed E-state index contributed by atoms with van der Waals surface area (Å²) < 4.78 is 50.7. The minimum atomic E-state index is -4.97. The third-order valence-electron chi connectivity index (χ3n) is 1.76. The van der Waals surface area contributed by atoms with Gasteiger partial charge in [-0.25, -0.2) is 0 Å². The molecule has 0 rings (SSSR count). The van der Waals surface area contributed by atoms with Crippen LogP contribution in [0.1, 0.15) is 6.42 Å². The van der Waals surface area contributed by atoms with Gasteiger partial charge in [0.2, 0.25) is 0 Å². The van der Waals surface area contributed by atoms with Crippen molar-refractivity contribution in [3.63, 3.8) is 0 Å². The van der Waals surface area contributed by atoms with Crippen LogP contribution in [0.5, 0.6) is 0 Å². The maximum atomic E-state index is 12.0. The largest absolute Gasteiger partial charge is 1.00 e. The molecular formula is C9H17BF3KO3. The first-order valence-electron chi connectivity index (χ1n) is 5.00. The second-order valence-electron chi connectivity index (χ2n) is 3.24. The summed E-state index contributed by atoms with van der Waals surface area (Å²) in [5.74, 6) is 0. The minimum Gasteiger partial charge on any atom is -0.445 e. The van der Waals surface area contributed by atoms with Crippen molar-refractivity contribution in [1.82, 2.24) is 0 Å². The van der Waals surface area contributed by atoms with Crippen LogP contribution in [0.2, 0.25) is 0 Å². The van der Waals surface area contributed by atoms with Gasteiger partial charge in [0.15, 0.2) is 0 Å². The molecule has 96 valence electrons. The summed E-state index contributed by atoms with van der Waals surface area (Å²) >= 11 is 0. The van der Waals surface area contributed by atoms with E-state index in [1.165, 1.54) is 0 Å². The first kappa shape index (κ1) is 20.4. The van der Waals surface area contributed by atoms with Gasteiger partial charge >= 0.3 is 58.4 Å². The molecule has 0 aliphatic carbocycles. The van der Waals surface area contributed by atoms with E-state index < -0.39 is 19.1 Å². The predicted octanol–water partition coefficient (Wildman–Crippen LogP) is -0.997. The Hall–Kier alpha value is 1.11. The molecule has 0 fully saturated rings. The van der Waals surface area contributed by atoms with Crippen molar-refractivity contribution < 1.29 is 78.5 Å². The van der Waals surface area contributed by atoms with Crippen LogP contribution in [0.25, 0.3) is 0 Å². The van der Waals surface area contributed by atoms with E-state index in [9.17, 15) is 12.9 Å². The Morgan fingerprint density at radius 1 is 1.06 bits per heavy atom. The molecule has 0 radical (unpaired) electrons. The zero-order valence-electron chi connectivity index (χ0n) is 10.4. The third-order valence-corrected chi connectivity index (χ3v) is 1.76. The molecule has 0 atom stereocenters. The van der Waals surface area contributed by atoms with E-state index in [0.29, 0.717) is 26.2 Å². The van der Waals surface area contributed by atoms with E-state index in [1.54, 1.807) is 7.11 Å². The quantitative estimate of drug-likeness (QED) is 0.380. The molecule has 0 N–H and O–H groups in total. The van der Waals surface area contributed by atoms with Crippen LogP contribution in [0.3, 0.4) is 0 Å². The van der Waals surface area contributed by atoms with E-state index in [2.05, 4.69) is 6.58 Å². The normalized spacial score (nSPS) is 11.1. The van der Waals surface area contributed by atoms with Crippen molar-refractivity contribution in [3.05, 3.63) is 12.1 Å². The Bertz CT molecular complexity index is 202. The fourth-order valence-corrected chi connectivity index (χ4v) is 0.805. The monoisotopic (exact) mass is 280 g/mol. The number of hydrogen-bond acceptors (Lipinski definition) is 3. The smallest absolute Gasteiger partial charge is 0.445 e. The van der Waals surface area contributed by atoms with Crippen LogP contribution in [-0.4, -0.2) is 47.1 Å². The summed E-state index contributed by atoms with van der Waals surface area (Å²) in [6, 6.07) is 0. The van der Waals surface area contributed by atoms with Crippen molar-refractivity contribution in [2.45, 2.75) is 6.42 Å². The standard InChI is InChI=1S/C9H17BF3O3.K/c1-9(10(11,12)13)8-16-5-3-4-15-7-6-14-2;/h1,3-8H2,2H3;/q-1;+1. The van der Waals surface area contributed by atoms with Crippen molar-refractivity contribution in [2.24, 2.45) is 0 Å². The second kappa shape index (κ2) is 12.2. The number of hydrogen-bond donors (Lipinski definition) is 0. The molecule has 0 spiro atoms. The van der Waals surface area contributed by atoms with Crippen LogP contribution in [-0.2, 0) is 14.2 Å². The fraction of sp³-hybridized carbons (Fsp3) is 0.778. The Morgan fingerprint density at radius 3 is 2.18 bits per heavy atom. The van der Waals surface area contributed by atoms with E-state index in [-0.39, 0.29) is 58.0 Å². The van der Waals surface area contributed by atoms with Crippen molar-refractivity contribution in [1.29, 1.82) is 0 Å². The van der Waals surface area contributed by atoms with Gasteiger partial charge in [-0.05, 0) is 6.42 Å². The molecule has 0 amide bonds. The summed E-state index contributed by atoms with van der Waals surface area (Å²) in [5.41, 5.74) is -0.805. The average Bonchev–Trinajstić information content (AvgIpc) is 2.20. The molecule has 0 unspecified atom stereocenters. The molecule has 0 aromatic heterocycles. The Balaban J connectivity index is 0. The average molecular weight is 280 g/mol. The van der Waals surface area contributed by atoms with Gasteiger partial charge in [-0.2, -0.15) is 0 Å². The van der Waals surface area contributed by atoms with Crippen LogP contribution >= 0.6 is 0 Å². The van der Waals surface area contributed by atoms with Gasteiger partial charge in [0.05, 0.1) is 13.2 Å². The maximum Gasteiger partial charge on any atom is 1.00 e. The summed E-state index contributed by atoms with van der Waals surface area (Å²) in [7, 11) is 1.57. The van der Waals surface area contributed by atoms with E-state index in [1.807, 2.05) is 0 Å². The van der Waals surface area contributed by atoms with Crippen molar-refractivity contribution in [3.8, 4) is 0 Å². The Morgan fingerprint density at radius 2 is 1.65 bits per heavy atom. The van der Waals surface area contributed by atoms with Crippen molar-refractivity contribution in [2.75, 3.05) is 40.1 Å². The molecule has 0 saturated heterocycles. The van der Waals surface area contributed by atoms with Gasteiger partial charge in [-0.1, -0.05) is 0 Å². The molecule has 8 heteroatoms. The summed E-state index contributed by atoms with van der Waals surface area (Å²) in [6.45, 7) is -0.840. The molecule has 0 aromatic carbocycles. The SMILES string of the molecule is C=C(COCCCOCCOC)[B-](F)(F)F.[K+]. The van der Waals surface area contributed by atoms with Gasteiger partial charge in [0.25, 0.3) is 0 Å². The number of halogens is 3. The van der Waals surface area contributed by atoms with Crippen LogP contribution in [0.15, 0.2) is 12.1 Å². The van der Waals surface area contributed by atoms with Gasteiger partial charge in [0, 0.05) is 26.9 Å². The first-order chi connectivity index (χ1) is 7.48. The second-order valence-corrected chi connectivity index (χ2v) is 3.24. The molecule has 0 heterocycles. The topological polar surface area (TPSA) is 27.7 Å². The van der Waals surface area contributed by atoms with Gasteiger partial charge in [-0.15, -0.1) is 12.1 Å². The molecular weight excluding hydrogens is 263 g/mol. The zero-order chi connectivity index (χ0) is 12.4. The number of rotatable bonds is 10. The summed E-state index contributed by atoms with van der Waals surface area (Å²) in [6.07, 6.45) is 0.557. The van der Waals surface area contributed by atoms with Crippen LogP contribution < -0.4 is 51.4 Å². The van der Waals surface area contributed by atoms with E-state index in [0.717, 1.165) is 0 Å². The number of methoxy groups -OCH3 is 1. The summed E-state index contributed by atoms with van der Waals surface area (Å²) in [4.78, 5) is 0. The van der Waals surface area contributed by atoms with E-state index in [4.69, 9.17) is 14.2 Å². The molecule has 0 saturated carbocycles. The Labute approximate surface area is 143 Å². The Kier molecular flexibility index (Phi) is 14.6. The molecule has 0 aromatic rings. The van der Waals surface area contributed by atoms with Gasteiger partial charge in [-0.3, -0.25) is 0 Å². The number of ether oxygens (including phenoxy) is 3. The third kappa shape index (κ3) is 13.3. The summed E-state index contributed by atoms with van der Waals surface area (Å²) in [5, 5.41) is 0. The molecule has 17 heavy (non-hydrogen) atoms. The minimum absolute atomic E-state index is 0. The molecule has 0 bridgehead atoms. The zero-order valence-corrected chi connectivity index (χ0v) is 13.5. The fourth-order valence-electron chi connectivity index (χ4n) is 0.805. The van der Waals surface area contributed by atoms with Crippen LogP contribution in [0.4, 0.5) is 12.9 Å². The van der Waals surface area contributed by atoms with Gasteiger partial charge in [0.1, 0.15) is 0 Å². The van der Waals surface area contributed by atoms with Gasteiger partial charge < -0.3 is 27.2 Å². The van der Waals surface area contributed by atoms with Crippen molar-refractivity contribution >= 4 is 6.98 Å². The van der Waals surface area contributed by atoms with E-state index >= 15 is 0 Å². The maximum absolute atomic E-state index is 12.0. The first-order valence-corrected chi connectivity index (χ1v) is 5.00.